The van der Waals surface area contributed by atoms with Crippen LogP contribution in [0.4, 0.5) is 0 Å². The molecule has 128 valence electrons. The van der Waals surface area contributed by atoms with E-state index < -0.39 is 0 Å². The molecule has 0 spiro atoms. The zero-order chi connectivity index (χ0) is 17.5. The number of aryl methyl sites for hydroxylation is 1. The van der Waals surface area contributed by atoms with Crippen LogP contribution in [0.1, 0.15) is 56.0 Å². The number of pyridine rings is 1. The van der Waals surface area contributed by atoms with E-state index in [-0.39, 0.29) is 28.5 Å². The van der Waals surface area contributed by atoms with E-state index in [9.17, 15) is 9.59 Å². The van der Waals surface area contributed by atoms with Gasteiger partial charge in [-0.25, -0.2) is 4.98 Å². The quantitative estimate of drug-likeness (QED) is 0.852. The van der Waals surface area contributed by atoms with Crippen LogP contribution in [0.3, 0.4) is 0 Å². The van der Waals surface area contributed by atoms with Gasteiger partial charge in [-0.15, -0.1) is 0 Å². The van der Waals surface area contributed by atoms with Crippen LogP contribution in [-0.4, -0.2) is 32.8 Å². The minimum absolute atomic E-state index is 0.155. The lowest BCUT2D eigenvalue weighted by molar-refractivity contribution is 0.0702. The lowest BCUT2D eigenvalue weighted by atomic mass is 9.87. The lowest BCUT2D eigenvalue weighted by Crippen LogP contribution is -2.40. The molecular formula is C19H25N3O2. The molecule has 5 heteroatoms. The second-order valence-electron chi connectivity index (χ2n) is 7.97. The van der Waals surface area contributed by atoms with E-state index in [2.05, 4.69) is 25.8 Å². The molecule has 3 heterocycles. The Labute approximate surface area is 142 Å². The lowest BCUT2D eigenvalue weighted by Gasteiger charge is -2.30. The SMILES string of the molecule is Cc1ccn2c(=O)c(C(=O)N3CCC[C@H]3CC(C)(C)C)cnc2c1. The van der Waals surface area contributed by atoms with Gasteiger partial charge in [0.05, 0.1) is 0 Å². The first kappa shape index (κ1) is 16.7. The van der Waals surface area contributed by atoms with Crippen LogP contribution in [0, 0.1) is 12.3 Å². The number of amides is 1. The van der Waals surface area contributed by atoms with Crippen molar-refractivity contribution >= 4 is 11.6 Å². The molecule has 1 aliphatic heterocycles. The molecule has 24 heavy (non-hydrogen) atoms. The van der Waals surface area contributed by atoms with Crippen molar-refractivity contribution in [3.63, 3.8) is 0 Å². The number of hydrogen-bond acceptors (Lipinski definition) is 3. The van der Waals surface area contributed by atoms with Crippen molar-refractivity contribution < 1.29 is 4.79 Å². The summed E-state index contributed by atoms with van der Waals surface area (Å²) in [7, 11) is 0. The van der Waals surface area contributed by atoms with E-state index >= 15 is 0 Å². The normalized spacial score (nSPS) is 18.3. The number of hydrogen-bond donors (Lipinski definition) is 0. The number of carbonyl (C=O) groups excluding carboxylic acids is 1. The number of rotatable bonds is 2. The fourth-order valence-electron chi connectivity index (χ4n) is 3.50. The highest BCUT2D eigenvalue weighted by Crippen LogP contribution is 2.30. The van der Waals surface area contributed by atoms with Crippen LogP contribution < -0.4 is 5.56 Å². The molecule has 0 N–H and O–H groups in total. The summed E-state index contributed by atoms with van der Waals surface area (Å²) < 4.78 is 1.45. The van der Waals surface area contributed by atoms with Crippen molar-refractivity contribution in [2.75, 3.05) is 6.54 Å². The summed E-state index contributed by atoms with van der Waals surface area (Å²) in [6, 6.07) is 3.90. The van der Waals surface area contributed by atoms with Crippen molar-refractivity contribution in [2.24, 2.45) is 5.41 Å². The smallest absolute Gasteiger partial charge is 0.270 e. The summed E-state index contributed by atoms with van der Waals surface area (Å²) in [4.78, 5) is 31.8. The highest BCUT2D eigenvalue weighted by molar-refractivity contribution is 5.94. The Hall–Kier alpha value is -2.17. The van der Waals surface area contributed by atoms with Crippen molar-refractivity contribution in [2.45, 2.75) is 53.0 Å². The summed E-state index contributed by atoms with van der Waals surface area (Å²) in [5.41, 5.74) is 1.64. The molecule has 0 radical (unpaired) electrons. The predicted octanol–water partition coefficient (Wildman–Crippen LogP) is 3.04. The first-order chi connectivity index (χ1) is 11.3. The summed E-state index contributed by atoms with van der Waals surface area (Å²) in [5.74, 6) is -0.186. The number of aromatic nitrogens is 2. The summed E-state index contributed by atoms with van der Waals surface area (Å²) in [6.45, 7) is 9.22. The van der Waals surface area contributed by atoms with E-state index in [1.165, 1.54) is 10.6 Å². The van der Waals surface area contributed by atoms with Gasteiger partial charge in [0.15, 0.2) is 0 Å². The predicted molar refractivity (Wildman–Crippen MR) is 94.3 cm³/mol. The van der Waals surface area contributed by atoms with Crippen LogP contribution in [0.5, 0.6) is 0 Å². The van der Waals surface area contributed by atoms with Gasteiger partial charge in [-0.05, 0) is 49.3 Å². The van der Waals surface area contributed by atoms with Crippen molar-refractivity contribution in [3.05, 3.63) is 46.0 Å². The van der Waals surface area contributed by atoms with Gasteiger partial charge < -0.3 is 4.90 Å². The molecule has 1 aliphatic rings. The molecule has 3 rings (SSSR count). The molecule has 0 bridgehead atoms. The Balaban J connectivity index is 1.95. The molecule has 1 amide bonds. The molecule has 0 aromatic carbocycles. The Morgan fingerprint density at radius 3 is 2.83 bits per heavy atom. The maximum atomic E-state index is 12.9. The Morgan fingerprint density at radius 1 is 1.38 bits per heavy atom. The average molecular weight is 327 g/mol. The molecule has 2 aromatic heterocycles. The van der Waals surface area contributed by atoms with Gasteiger partial charge >= 0.3 is 0 Å². The number of nitrogens with zero attached hydrogens (tertiary/aromatic N) is 3. The molecule has 0 saturated carbocycles. The molecule has 5 nitrogen and oxygen atoms in total. The zero-order valence-electron chi connectivity index (χ0n) is 14.9. The average Bonchev–Trinajstić information content (AvgIpc) is 2.92. The minimum atomic E-state index is -0.286. The van der Waals surface area contributed by atoms with Gasteiger partial charge in [0.2, 0.25) is 0 Å². The maximum Gasteiger partial charge on any atom is 0.270 e. The highest BCUT2D eigenvalue weighted by Gasteiger charge is 2.33. The van der Waals surface area contributed by atoms with Crippen LogP contribution in [-0.2, 0) is 0 Å². The maximum absolute atomic E-state index is 12.9. The summed E-state index contributed by atoms with van der Waals surface area (Å²) in [6.07, 6.45) is 6.07. The zero-order valence-corrected chi connectivity index (χ0v) is 14.9. The second kappa shape index (κ2) is 6.04. The molecule has 0 unspecified atom stereocenters. The topological polar surface area (TPSA) is 54.7 Å². The van der Waals surface area contributed by atoms with Gasteiger partial charge in [-0.2, -0.15) is 0 Å². The minimum Gasteiger partial charge on any atom is -0.335 e. The van der Waals surface area contributed by atoms with E-state index in [1.807, 2.05) is 24.0 Å². The third-order valence-electron chi connectivity index (χ3n) is 4.58. The monoisotopic (exact) mass is 327 g/mol. The van der Waals surface area contributed by atoms with Crippen LogP contribution in [0.25, 0.3) is 5.65 Å². The van der Waals surface area contributed by atoms with Gasteiger partial charge in [0, 0.05) is 25.0 Å². The molecule has 0 aliphatic carbocycles. The Bertz CT molecular complexity index is 833. The Morgan fingerprint density at radius 2 is 2.12 bits per heavy atom. The first-order valence-electron chi connectivity index (χ1n) is 8.55. The largest absolute Gasteiger partial charge is 0.335 e. The van der Waals surface area contributed by atoms with E-state index in [0.29, 0.717) is 5.65 Å². The fraction of sp³-hybridized carbons (Fsp3) is 0.526. The van der Waals surface area contributed by atoms with Crippen molar-refractivity contribution in [3.8, 4) is 0 Å². The standard InChI is InChI=1S/C19H25N3O2/c1-13-7-9-22-16(10-13)20-12-15(18(22)24)17(23)21-8-5-6-14(21)11-19(2,3)4/h7,9-10,12,14H,5-6,8,11H2,1-4H3/t14-/m0/s1. The third kappa shape index (κ3) is 3.21. The highest BCUT2D eigenvalue weighted by atomic mass is 16.2. The van der Waals surface area contributed by atoms with Crippen LogP contribution in [0.15, 0.2) is 29.3 Å². The van der Waals surface area contributed by atoms with Crippen molar-refractivity contribution in [1.82, 2.24) is 14.3 Å². The number of likely N-dealkylation sites (tertiary alicyclic amines) is 1. The van der Waals surface area contributed by atoms with E-state index in [4.69, 9.17) is 0 Å². The first-order valence-corrected chi connectivity index (χ1v) is 8.55. The number of carbonyl (C=O) groups is 1. The molecule has 1 saturated heterocycles. The van der Waals surface area contributed by atoms with Gasteiger partial charge in [-0.3, -0.25) is 14.0 Å². The van der Waals surface area contributed by atoms with Crippen LogP contribution >= 0.6 is 0 Å². The van der Waals surface area contributed by atoms with Gasteiger partial charge in [-0.1, -0.05) is 20.8 Å². The fourth-order valence-corrected chi connectivity index (χ4v) is 3.50. The molecular weight excluding hydrogens is 302 g/mol. The van der Waals surface area contributed by atoms with E-state index in [1.54, 1.807) is 6.20 Å². The van der Waals surface area contributed by atoms with Crippen molar-refractivity contribution in [1.29, 1.82) is 0 Å². The molecule has 2 aromatic rings. The van der Waals surface area contributed by atoms with Crippen LogP contribution in [0.2, 0.25) is 0 Å². The Kier molecular flexibility index (Phi) is 4.20. The number of fused-ring (bicyclic) bond motifs is 1. The van der Waals surface area contributed by atoms with E-state index in [0.717, 1.165) is 31.4 Å². The molecule has 1 fully saturated rings. The van der Waals surface area contributed by atoms with Gasteiger partial charge in [0.1, 0.15) is 11.2 Å². The van der Waals surface area contributed by atoms with Gasteiger partial charge in [0.25, 0.3) is 11.5 Å². The second-order valence-corrected chi connectivity index (χ2v) is 7.97. The molecule has 1 atom stereocenters. The summed E-state index contributed by atoms with van der Waals surface area (Å²) >= 11 is 0. The summed E-state index contributed by atoms with van der Waals surface area (Å²) in [5, 5.41) is 0. The third-order valence-corrected chi connectivity index (χ3v) is 4.58.